The van der Waals surface area contributed by atoms with Crippen molar-refractivity contribution >= 4 is 5.91 Å². The molecule has 0 saturated carbocycles. The number of amides is 1. The van der Waals surface area contributed by atoms with Crippen LogP contribution in [-0.4, -0.2) is 38.0 Å². The van der Waals surface area contributed by atoms with E-state index in [1.165, 1.54) is 18.4 Å². The molecular formula is C16H24N2O. The van der Waals surface area contributed by atoms with Crippen LogP contribution >= 0.6 is 0 Å². The van der Waals surface area contributed by atoms with Crippen LogP contribution in [0.25, 0.3) is 0 Å². The molecule has 104 valence electrons. The summed E-state index contributed by atoms with van der Waals surface area (Å²) >= 11 is 0. The third-order valence-corrected chi connectivity index (χ3v) is 4.07. The number of hydrogen-bond donors (Lipinski definition) is 1. The van der Waals surface area contributed by atoms with Crippen molar-refractivity contribution in [2.45, 2.75) is 25.2 Å². The lowest BCUT2D eigenvalue weighted by Crippen LogP contribution is -2.33. The zero-order valence-electron chi connectivity index (χ0n) is 11.9. The van der Waals surface area contributed by atoms with Crippen molar-refractivity contribution in [3.8, 4) is 0 Å². The van der Waals surface area contributed by atoms with Gasteiger partial charge in [-0.3, -0.25) is 4.79 Å². The lowest BCUT2D eigenvalue weighted by atomic mass is 9.78. The maximum absolute atomic E-state index is 12.1. The van der Waals surface area contributed by atoms with Gasteiger partial charge in [-0.25, -0.2) is 0 Å². The number of nitrogens with one attached hydrogen (secondary N) is 1. The molecule has 0 aromatic heterocycles. The lowest BCUT2D eigenvalue weighted by molar-refractivity contribution is -0.129. The van der Waals surface area contributed by atoms with Crippen LogP contribution in [0.4, 0.5) is 0 Å². The van der Waals surface area contributed by atoms with E-state index in [2.05, 4.69) is 29.6 Å². The van der Waals surface area contributed by atoms with Gasteiger partial charge < -0.3 is 10.2 Å². The Morgan fingerprint density at radius 2 is 1.89 bits per heavy atom. The number of benzene rings is 1. The number of piperidine rings is 1. The molecule has 19 heavy (non-hydrogen) atoms. The van der Waals surface area contributed by atoms with Crippen LogP contribution in [0.5, 0.6) is 0 Å². The molecule has 1 fully saturated rings. The molecule has 1 heterocycles. The normalized spacial score (nSPS) is 18.0. The van der Waals surface area contributed by atoms with E-state index in [4.69, 9.17) is 0 Å². The molecule has 0 aliphatic carbocycles. The first-order valence-electron chi connectivity index (χ1n) is 7.14. The number of carbonyl (C=O) groups is 1. The second-order valence-electron chi connectivity index (χ2n) is 5.60. The second-order valence-corrected chi connectivity index (χ2v) is 5.60. The third kappa shape index (κ3) is 3.80. The van der Waals surface area contributed by atoms with Crippen LogP contribution in [0.3, 0.4) is 0 Å². The fraction of sp³-hybridized carbons (Fsp3) is 0.562. The Bertz CT molecular complexity index is 396. The molecule has 0 spiro atoms. The van der Waals surface area contributed by atoms with E-state index in [-0.39, 0.29) is 5.91 Å². The van der Waals surface area contributed by atoms with Crippen LogP contribution in [0.15, 0.2) is 30.3 Å². The molecule has 1 atom stereocenters. The maximum atomic E-state index is 12.1. The van der Waals surface area contributed by atoms with E-state index < -0.39 is 0 Å². The standard InChI is InChI=1S/C16H24N2O/c1-18(2)16(19)12-15(13-6-4-3-5-7-13)14-8-10-17-11-9-14/h3-7,14-15,17H,8-12H2,1-2H3/t15-/m1/s1. The Kier molecular flexibility index (Phi) is 4.97. The highest BCUT2D eigenvalue weighted by atomic mass is 16.2. The summed E-state index contributed by atoms with van der Waals surface area (Å²) in [6.07, 6.45) is 2.96. The van der Waals surface area contributed by atoms with E-state index >= 15 is 0 Å². The average Bonchev–Trinajstić information content (AvgIpc) is 2.46. The van der Waals surface area contributed by atoms with Crippen molar-refractivity contribution in [2.75, 3.05) is 27.2 Å². The van der Waals surface area contributed by atoms with Crippen molar-refractivity contribution in [2.24, 2.45) is 5.92 Å². The summed E-state index contributed by atoms with van der Waals surface area (Å²) < 4.78 is 0. The lowest BCUT2D eigenvalue weighted by Gasteiger charge is -2.31. The van der Waals surface area contributed by atoms with E-state index in [1.54, 1.807) is 4.90 Å². The van der Waals surface area contributed by atoms with Crippen LogP contribution in [0, 0.1) is 5.92 Å². The molecule has 0 bridgehead atoms. The monoisotopic (exact) mass is 260 g/mol. The van der Waals surface area contributed by atoms with Crippen molar-refractivity contribution in [3.63, 3.8) is 0 Å². The predicted molar refractivity (Wildman–Crippen MR) is 78.1 cm³/mol. The molecule has 1 saturated heterocycles. The highest BCUT2D eigenvalue weighted by Crippen LogP contribution is 2.34. The Morgan fingerprint density at radius 1 is 1.26 bits per heavy atom. The molecule has 1 N–H and O–H groups in total. The average molecular weight is 260 g/mol. The SMILES string of the molecule is CN(C)C(=O)C[C@H](c1ccccc1)C1CCNCC1. The number of nitrogens with zero attached hydrogens (tertiary/aromatic N) is 1. The minimum absolute atomic E-state index is 0.229. The molecule has 2 rings (SSSR count). The zero-order valence-corrected chi connectivity index (χ0v) is 11.9. The second kappa shape index (κ2) is 6.71. The van der Waals surface area contributed by atoms with Crippen molar-refractivity contribution in [3.05, 3.63) is 35.9 Å². The largest absolute Gasteiger partial charge is 0.349 e. The maximum Gasteiger partial charge on any atom is 0.222 e. The Morgan fingerprint density at radius 3 is 2.47 bits per heavy atom. The fourth-order valence-electron chi connectivity index (χ4n) is 2.87. The van der Waals surface area contributed by atoms with Gasteiger partial charge in [0.2, 0.25) is 5.91 Å². The Labute approximate surface area is 116 Å². The quantitative estimate of drug-likeness (QED) is 0.900. The molecule has 0 radical (unpaired) electrons. The van der Waals surface area contributed by atoms with Gasteiger partial charge in [0.15, 0.2) is 0 Å². The summed E-state index contributed by atoms with van der Waals surface area (Å²) in [6.45, 7) is 2.15. The van der Waals surface area contributed by atoms with E-state index in [1.807, 2.05) is 20.2 Å². The minimum atomic E-state index is 0.229. The smallest absolute Gasteiger partial charge is 0.222 e. The van der Waals surface area contributed by atoms with Gasteiger partial charge in [0.1, 0.15) is 0 Å². The van der Waals surface area contributed by atoms with Crippen LogP contribution in [-0.2, 0) is 4.79 Å². The summed E-state index contributed by atoms with van der Waals surface area (Å²) in [5.74, 6) is 1.21. The third-order valence-electron chi connectivity index (χ3n) is 4.07. The minimum Gasteiger partial charge on any atom is -0.349 e. The number of rotatable bonds is 4. The number of carbonyl (C=O) groups excluding carboxylic acids is 1. The molecule has 0 unspecified atom stereocenters. The first-order chi connectivity index (χ1) is 9.18. The first kappa shape index (κ1) is 14.1. The van der Waals surface area contributed by atoms with Crippen molar-refractivity contribution in [1.29, 1.82) is 0 Å². The van der Waals surface area contributed by atoms with Crippen LogP contribution < -0.4 is 5.32 Å². The van der Waals surface area contributed by atoms with Gasteiger partial charge in [-0.2, -0.15) is 0 Å². The molecule has 1 aliphatic rings. The molecule has 1 aromatic rings. The summed E-state index contributed by atoms with van der Waals surface area (Å²) in [5.41, 5.74) is 1.31. The summed E-state index contributed by atoms with van der Waals surface area (Å²) in [7, 11) is 3.68. The summed E-state index contributed by atoms with van der Waals surface area (Å²) in [4.78, 5) is 13.8. The van der Waals surface area contributed by atoms with Gasteiger partial charge in [0.25, 0.3) is 0 Å². The van der Waals surface area contributed by atoms with Crippen molar-refractivity contribution in [1.82, 2.24) is 10.2 Å². The molecular weight excluding hydrogens is 236 g/mol. The van der Waals surface area contributed by atoms with E-state index in [0.29, 0.717) is 18.3 Å². The Balaban J connectivity index is 2.15. The van der Waals surface area contributed by atoms with Crippen LogP contribution in [0.2, 0.25) is 0 Å². The topological polar surface area (TPSA) is 32.3 Å². The van der Waals surface area contributed by atoms with Gasteiger partial charge in [0.05, 0.1) is 0 Å². The highest BCUT2D eigenvalue weighted by Gasteiger charge is 2.27. The molecule has 1 aliphatic heterocycles. The van der Waals surface area contributed by atoms with E-state index in [0.717, 1.165) is 13.1 Å². The summed E-state index contributed by atoms with van der Waals surface area (Å²) in [6, 6.07) is 10.5. The molecule has 1 aromatic carbocycles. The fourth-order valence-corrected chi connectivity index (χ4v) is 2.87. The van der Waals surface area contributed by atoms with E-state index in [9.17, 15) is 4.79 Å². The van der Waals surface area contributed by atoms with Gasteiger partial charge in [0, 0.05) is 20.5 Å². The molecule has 3 heteroatoms. The molecule has 3 nitrogen and oxygen atoms in total. The van der Waals surface area contributed by atoms with Crippen LogP contribution in [0.1, 0.15) is 30.7 Å². The van der Waals surface area contributed by atoms with Gasteiger partial charge in [-0.15, -0.1) is 0 Å². The predicted octanol–water partition coefficient (Wildman–Crippen LogP) is 2.25. The van der Waals surface area contributed by atoms with Gasteiger partial charge in [-0.05, 0) is 43.3 Å². The zero-order chi connectivity index (χ0) is 13.7. The van der Waals surface area contributed by atoms with Gasteiger partial charge in [-0.1, -0.05) is 30.3 Å². The number of hydrogen-bond acceptors (Lipinski definition) is 2. The van der Waals surface area contributed by atoms with Gasteiger partial charge >= 0.3 is 0 Å². The van der Waals surface area contributed by atoms with Crippen molar-refractivity contribution < 1.29 is 4.79 Å². The summed E-state index contributed by atoms with van der Waals surface area (Å²) in [5, 5.41) is 3.40. The Hall–Kier alpha value is -1.35. The molecule has 1 amide bonds. The highest BCUT2D eigenvalue weighted by molar-refractivity contribution is 5.76. The first-order valence-corrected chi connectivity index (χ1v) is 7.14.